The Balaban J connectivity index is 1.93. The van der Waals surface area contributed by atoms with Crippen LogP contribution in [0.3, 0.4) is 0 Å². The Morgan fingerprint density at radius 2 is 2.33 bits per heavy atom. The molecule has 0 aliphatic carbocycles. The third-order valence-electron chi connectivity index (χ3n) is 2.62. The zero-order valence-electron chi connectivity index (χ0n) is 9.94. The summed E-state index contributed by atoms with van der Waals surface area (Å²) < 4.78 is 0. The normalized spacial score (nSPS) is 10.3. The zero-order valence-corrected chi connectivity index (χ0v) is 11.5. The predicted molar refractivity (Wildman–Crippen MR) is 74.3 cm³/mol. The number of amides is 1. The first-order valence-corrected chi connectivity index (χ1v) is 6.86. The molecule has 1 aromatic heterocycles. The number of hydrogen-bond acceptors (Lipinski definition) is 3. The van der Waals surface area contributed by atoms with Crippen LogP contribution in [0.1, 0.15) is 20.9 Å². The standard InChI is InChI=1S/C13H13ClN2OS/c1-9-10(3-2-4-11(9)14)13(17)16-6-5-12-15-7-8-18-12/h2-4,7-8H,5-6H2,1H3,(H,16,17). The van der Waals surface area contributed by atoms with E-state index in [1.54, 1.807) is 35.7 Å². The number of thiazole rings is 1. The Morgan fingerprint density at radius 1 is 1.50 bits per heavy atom. The second-order valence-electron chi connectivity index (χ2n) is 3.84. The van der Waals surface area contributed by atoms with Crippen molar-refractivity contribution in [1.29, 1.82) is 0 Å². The van der Waals surface area contributed by atoms with Crippen molar-refractivity contribution in [3.8, 4) is 0 Å². The molecule has 0 bridgehead atoms. The summed E-state index contributed by atoms with van der Waals surface area (Å²) in [6.07, 6.45) is 2.52. The van der Waals surface area contributed by atoms with E-state index in [9.17, 15) is 4.79 Å². The molecule has 1 N–H and O–H groups in total. The van der Waals surface area contributed by atoms with E-state index in [0.29, 0.717) is 17.1 Å². The van der Waals surface area contributed by atoms with Gasteiger partial charge < -0.3 is 5.32 Å². The SMILES string of the molecule is Cc1c(Cl)cccc1C(=O)NCCc1nccs1. The summed E-state index contributed by atoms with van der Waals surface area (Å²) in [5.41, 5.74) is 1.44. The van der Waals surface area contributed by atoms with E-state index in [1.165, 1.54) is 0 Å². The van der Waals surface area contributed by atoms with Gasteiger partial charge in [0.05, 0.1) is 5.01 Å². The van der Waals surface area contributed by atoms with Crippen molar-refractivity contribution < 1.29 is 4.79 Å². The molecule has 0 aliphatic heterocycles. The number of benzene rings is 1. The fraction of sp³-hybridized carbons (Fsp3) is 0.231. The lowest BCUT2D eigenvalue weighted by atomic mass is 10.1. The van der Waals surface area contributed by atoms with Gasteiger partial charge >= 0.3 is 0 Å². The number of carbonyl (C=O) groups is 1. The Morgan fingerprint density at radius 3 is 3.06 bits per heavy atom. The fourth-order valence-electron chi connectivity index (χ4n) is 1.61. The molecule has 0 spiro atoms. The highest BCUT2D eigenvalue weighted by Crippen LogP contribution is 2.18. The molecule has 1 heterocycles. The van der Waals surface area contributed by atoms with Crippen molar-refractivity contribution in [2.24, 2.45) is 0 Å². The molecule has 94 valence electrons. The van der Waals surface area contributed by atoms with Crippen LogP contribution in [0.5, 0.6) is 0 Å². The van der Waals surface area contributed by atoms with Crippen molar-refractivity contribution in [3.63, 3.8) is 0 Å². The van der Waals surface area contributed by atoms with Gasteiger partial charge in [-0.05, 0) is 24.6 Å². The minimum absolute atomic E-state index is 0.0912. The molecule has 0 saturated carbocycles. The summed E-state index contributed by atoms with van der Waals surface area (Å²) in [5.74, 6) is -0.0912. The van der Waals surface area contributed by atoms with Gasteiger partial charge in [-0.2, -0.15) is 0 Å². The average molecular weight is 281 g/mol. The van der Waals surface area contributed by atoms with Gasteiger partial charge in [-0.1, -0.05) is 17.7 Å². The number of aromatic nitrogens is 1. The molecule has 18 heavy (non-hydrogen) atoms. The van der Waals surface area contributed by atoms with Crippen molar-refractivity contribution in [3.05, 3.63) is 50.9 Å². The molecule has 0 radical (unpaired) electrons. The Bertz CT molecular complexity index is 540. The summed E-state index contributed by atoms with van der Waals surface area (Å²) in [5, 5.41) is 6.44. The Hall–Kier alpha value is -1.39. The highest BCUT2D eigenvalue weighted by molar-refractivity contribution is 7.09. The van der Waals surface area contributed by atoms with Crippen LogP contribution in [0.4, 0.5) is 0 Å². The van der Waals surface area contributed by atoms with Gasteiger partial charge in [0.2, 0.25) is 0 Å². The van der Waals surface area contributed by atoms with E-state index in [0.717, 1.165) is 17.0 Å². The smallest absolute Gasteiger partial charge is 0.251 e. The van der Waals surface area contributed by atoms with Crippen LogP contribution in [0.15, 0.2) is 29.8 Å². The molecule has 3 nitrogen and oxygen atoms in total. The molecule has 2 rings (SSSR count). The van der Waals surface area contributed by atoms with E-state index >= 15 is 0 Å². The number of nitrogens with one attached hydrogen (secondary N) is 1. The zero-order chi connectivity index (χ0) is 13.0. The first kappa shape index (κ1) is 13.1. The molecule has 0 fully saturated rings. The minimum atomic E-state index is -0.0912. The quantitative estimate of drug-likeness (QED) is 0.935. The van der Waals surface area contributed by atoms with Gasteiger partial charge in [0, 0.05) is 35.1 Å². The van der Waals surface area contributed by atoms with Crippen LogP contribution >= 0.6 is 22.9 Å². The lowest BCUT2D eigenvalue weighted by Crippen LogP contribution is -2.26. The van der Waals surface area contributed by atoms with E-state index in [4.69, 9.17) is 11.6 Å². The summed E-state index contributed by atoms with van der Waals surface area (Å²) in [4.78, 5) is 16.1. The maximum atomic E-state index is 12.0. The highest BCUT2D eigenvalue weighted by Gasteiger charge is 2.10. The molecule has 1 amide bonds. The predicted octanol–water partition coefficient (Wildman–Crippen LogP) is 3.08. The van der Waals surface area contributed by atoms with Crippen LogP contribution in [0.25, 0.3) is 0 Å². The maximum Gasteiger partial charge on any atom is 0.251 e. The number of carbonyl (C=O) groups excluding carboxylic acids is 1. The molecule has 0 atom stereocenters. The van der Waals surface area contributed by atoms with Gasteiger partial charge in [0.15, 0.2) is 0 Å². The van der Waals surface area contributed by atoms with Crippen LogP contribution in [-0.2, 0) is 6.42 Å². The molecule has 0 unspecified atom stereocenters. The molecule has 5 heteroatoms. The maximum absolute atomic E-state index is 12.0. The summed E-state index contributed by atoms with van der Waals surface area (Å²) >= 11 is 7.58. The van der Waals surface area contributed by atoms with Crippen molar-refractivity contribution in [2.45, 2.75) is 13.3 Å². The molecular formula is C13H13ClN2OS. The second kappa shape index (κ2) is 5.98. The van der Waals surface area contributed by atoms with Gasteiger partial charge in [-0.25, -0.2) is 4.98 Å². The van der Waals surface area contributed by atoms with E-state index in [2.05, 4.69) is 10.3 Å². The van der Waals surface area contributed by atoms with Crippen LogP contribution < -0.4 is 5.32 Å². The monoisotopic (exact) mass is 280 g/mol. The third kappa shape index (κ3) is 3.09. The fourth-order valence-corrected chi connectivity index (χ4v) is 2.40. The van der Waals surface area contributed by atoms with Crippen molar-refractivity contribution in [2.75, 3.05) is 6.54 Å². The number of halogens is 1. The molecule has 0 aliphatic rings. The van der Waals surface area contributed by atoms with Gasteiger partial charge in [-0.15, -0.1) is 11.3 Å². The summed E-state index contributed by atoms with van der Waals surface area (Å²) in [6, 6.07) is 5.34. The Kier molecular flexibility index (Phi) is 4.33. The Labute approximate surface area is 115 Å². The first-order valence-electron chi connectivity index (χ1n) is 5.60. The molecule has 1 aromatic carbocycles. The number of rotatable bonds is 4. The van der Waals surface area contributed by atoms with E-state index in [1.807, 2.05) is 12.3 Å². The van der Waals surface area contributed by atoms with Crippen LogP contribution in [0.2, 0.25) is 5.02 Å². The van der Waals surface area contributed by atoms with Gasteiger partial charge in [0.1, 0.15) is 0 Å². The number of hydrogen-bond donors (Lipinski definition) is 1. The highest BCUT2D eigenvalue weighted by atomic mass is 35.5. The molecular weight excluding hydrogens is 268 g/mol. The second-order valence-corrected chi connectivity index (χ2v) is 5.23. The van der Waals surface area contributed by atoms with E-state index < -0.39 is 0 Å². The van der Waals surface area contributed by atoms with Gasteiger partial charge in [0.25, 0.3) is 5.91 Å². The van der Waals surface area contributed by atoms with Crippen LogP contribution in [-0.4, -0.2) is 17.4 Å². The van der Waals surface area contributed by atoms with Crippen LogP contribution in [0, 0.1) is 6.92 Å². The van der Waals surface area contributed by atoms with E-state index in [-0.39, 0.29) is 5.91 Å². The minimum Gasteiger partial charge on any atom is -0.352 e. The van der Waals surface area contributed by atoms with Crippen molar-refractivity contribution >= 4 is 28.8 Å². The third-order valence-corrected chi connectivity index (χ3v) is 3.87. The van der Waals surface area contributed by atoms with Gasteiger partial charge in [-0.3, -0.25) is 4.79 Å². The largest absolute Gasteiger partial charge is 0.352 e. The van der Waals surface area contributed by atoms with Crippen molar-refractivity contribution in [1.82, 2.24) is 10.3 Å². The topological polar surface area (TPSA) is 42.0 Å². The number of nitrogens with zero attached hydrogens (tertiary/aromatic N) is 1. The summed E-state index contributed by atoms with van der Waals surface area (Å²) in [6.45, 7) is 2.43. The summed E-state index contributed by atoms with van der Waals surface area (Å²) in [7, 11) is 0. The molecule has 2 aromatic rings. The lowest BCUT2D eigenvalue weighted by Gasteiger charge is -2.07. The average Bonchev–Trinajstić information content (AvgIpc) is 2.85. The first-order chi connectivity index (χ1) is 8.68. The molecule has 0 saturated heterocycles. The lowest BCUT2D eigenvalue weighted by molar-refractivity contribution is 0.0953.